The predicted octanol–water partition coefficient (Wildman–Crippen LogP) is 6.15. The van der Waals surface area contributed by atoms with Crippen LogP contribution in [0.3, 0.4) is 0 Å². The molecule has 1 atom stereocenters. The molecule has 0 saturated heterocycles. The molecule has 2 aromatic rings. The van der Waals surface area contributed by atoms with Gasteiger partial charge in [-0.3, -0.25) is 0 Å². The van der Waals surface area contributed by atoms with Crippen molar-refractivity contribution in [2.24, 2.45) is 0 Å². The van der Waals surface area contributed by atoms with Crippen LogP contribution in [0.15, 0.2) is 42.5 Å². The Labute approximate surface area is 129 Å². The molecular formula is C17H17Cl2F. The normalized spacial score (nSPS) is 12.4. The number of aryl methyl sites for hydroxylation is 1. The van der Waals surface area contributed by atoms with Crippen LogP contribution in [0.4, 0.5) is 4.39 Å². The maximum atomic E-state index is 13.5. The van der Waals surface area contributed by atoms with Crippen LogP contribution in [-0.2, 0) is 6.42 Å². The third-order valence-corrected chi connectivity index (χ3v) is 4.23. The van der Waals surface area contributed by atoms with E-state index in [1.807, 2.05) is 12.1 Å². The lowest BCUT2D eigenvalue weighted by molar-refractivity contribution is 0.626. The van der Waals surface area contributed by atoms with Gasteiger partial charge in [0.15, 0.2) is 0 Å². The lowest BCUT2D eigenvalue weighted by Crippen LogP contribution is -1.96. The standard InChI is InChI=1S/C17H17Cl2F/c1-2-3-5-12-8-10-13(11-9-12)16(18)14-6-4-7-15(20)17(14)19/h4,6-11,16H,2-3,5H2,1H3. The van der Waals surface area contributed by atoms with Crippen LogP contribution in [0.5, 0.6) is 0 Å². The second-order valence-electron chi connectivity index (χ2n) is 4.85. The Balaban J connectivity index is 2.20. The van der Waals surface area contributed by atoms with Crippen molar-refractivity contribution in [3.63, 3.8) is 0 Å². The van der Waals surface area contributed by atoms with E-state index < -0.39 is 11.2 Å². The molecule has 0 N–H and O–H groups in total. The van der Waals surface area contributed by atoms with Crippen LogP contribution in [0.25, 0.3) is 0 Å². The monoisotopic (exact) mass is 310 g/mol. The Morgan fingerprint density at radius 3 is 2.45 bits per heavy atom. The van der Waals surface area contributed by atoms with Crippen LogP contribution in [0, 0.1) is 5.82 Å². The van der Waals surface area contributed by atoms with Crippen molar-refractivity contribution in [2.75, 3.05) is 0 Å². The van der Waals surface area contributed by atoms with Gasteiger partial charge in [-0.1, -0.05) is 61.3 Å². The fraction of sp³-hybridized carbons (Fsp3) is 0.294. The molecule has 2 rings (SSSR count). The van der Waals surface area contributed by atoms with E-state index in [0.717, 1.165) is 12.0 Å². The molecular weight excluding hydrogens is 294 g/mol. The van der Waals surface area contributed by atoms with Crippen molar-refractivity contribution in [1.29, 1.82) is 0 Å². The molecule has 3 heteroatoms. The number of hydrogen-bond donors (Lipinski definition) is 0. The maximum absolute atomic E-state index is 13.5. The first kappa shape index (κ1) is 15.3. The van der Waals surface area contributed by atoms with E-state index in [1.165, 1.54) is 24.5 Å². The summed E-state index contributed by atoms with van der Waals surface area (Å²) in [6, 6.07) is 12.9. The van der Waals surface area contributed by atoms with Gasteiger partial charge in [0.05, 0.1) is 10.4 Å². The Hall–Kier alpha value is -1.05. The van der Waals surface area contributed by atoms with Gasteiger partial charge in [-0.05, 0) is 35.6 Å². The number of rotatable bonds is 5. The second kappa shape index (κ2) is 7.10. The molecule has 2 aromatic carbocycles. The average molecular weight is 311 g/mol. The van der Waals surface area contributed by atoms with E-state index in [0.29, 0.717) is 5.56 Å². The third-order valence-electron chi connectivity index (χ3n) is 3.35. The van der Waals surface area contributed by atoms with Gasteiger partial charge in [-0.15, -0.1) is 11.6 Å². The Morgan fingerprint density at radius 1 is 1.10 bits per heavy atom. The zero-order valence-corrected chi connectivity index (χ0v) is 12.9. The molecule has 0 radical (unpaired) electrons. The highest BCUT2D eigenvalue weighted by atomic mass is 35.5. The minimum Gasteiger partial charge on any atom is -0.205 e. The minimum absolute atomic E-state index is 0.0996. The quantitative estimate of drug-likeness (QED) is 0.581. The van der Waals surface area contributed by atoms with Crippen molar-refractivity contribution in [1.82, 2.24) is 0 Å². The van der Waals surface area contributed by atoms with Crippen LogP contribution >= 0.6 is 23.2 Å². The van der Waals surface area contributed by atoms with Gasteiger partial charge in [-0.25, -0.2) is 4.39 Å². The molecule has 0 aromatic heterocycles. The van der Waals surface area contributed by atoms with Gasteiger partial charge in [-0.2, -0.15) is 0 Å². The zero-order valence-electron chi connectivity index (χ0n) is 11.4. The second-order valence-corrected chi connectivity index (χ2v) is 5.67. The summed E-state index contributed by atoms with van der Waals surface area (Å²) >= 11 is 12.4. The summed E-state index contributed by atoms with van der Waals surface area (Å²) in [5.41, 5.74) is 2.83. The fourth-order valence-electron chi connectivity index (χ4n) is 2.13. The van der Waals surface area contributed by atoms with E-state index in [4.69, 9.17) is 23.2 Å². The first-order chi connectivity index (χ1) is 9.63. The largest absolute Gasteiger partial charge is 0.205 e. The van der Waals surface area contributed by atoms with Crippen LogP contribution in [0.2, 0.25) is 5.02 Å². The maximum Gasteiger partial charge on any atom is 0.142 e. The molecule has 0 spiro atoms. The smallest absolute Gasteiger partial charge is 0.142 e. The summed E-state index contributed by atoms with van der Waals surface area (Å²) in [5, 5.41) is -0.332. The molecule has 0 heterocycles. The van der Waals surface area contributed by atoms with Crippen molar-refractivity contribution in [2.45, 2.75) is 31.6 Å². The van der Waals surface area contributed by atoms with Gasteiger partial charge in [0.1, 0.15) is 5.82 Å². The molecule has 0 aliphatic rings. The van der Waals surface area contributed by atoms with Crippen LogP contribution in [-0.4, -0.2) is 0 Å². The first-order valence-corrected chi connectivity index (χ1v) is 7.61. The van der Waals surface area contributed by atoms with E-state index >= 15 is 0 Å². The summed E-state index contributed by atoms with van der Waals surface area (Å²) in [6.07, 6.45) is 3.43. The summed E-state index contributed by atoms with van der Waals surface area (Å²) < 4.78 is 13.5. The number of hydrogen-bond acceptors (Lipinski definition) is 0. The van der Waals surface area contributed by atoms with Crippen molar-refractivity contribution in [3.8, 4) is 0 Å². The molecule has 0 nitrogen and oxygen atoms in total. The van der Waals surface area contributed by atoms with Crippen LogP contribution in [0.1, 0.15) is 41.8 Å². The third kappa shape index (κ3) is 3.53. The minimum atomic E-state index is -0.436. The van der Waals surface area contributed by atoms with Crippen LogP contribution < -0.4 is 0 Å². The van der Waals surface area contributed by atoms with Crippen molar-refractivity contribution in [3.05, 3.63) is 70.0 Å². The predicted molar refractivity (Wildman–Crippen MR) is 84.2 cm³/mol. The lowest BCUT2D eigenvalue weighted by Gasteiger charge is -2.13. The SMILES string of the molecule is CCCCc1ccc(C(Cl)c2cccc(F)c2Cl)cc1. The fourth-order valence-corrected chi connectivity index (χ4v) is 2.75. The van der Waals surface area contributed by atoms with E-state index in [-0.39, 0.29) is 5.02 Å². The number of benzene rings is 2. The summed E-state index contributed by atoms with van der Waals surface area (Å²) in [6.45, 7) is 2.18. The molecule has 0 aliphatic heterocycles. The highest BCUT2D eigenvalue weighted by molar-refractivity contribution is 6.33. The summed E-state index contributed by atoms with van der Waals surface area (Å²) in [5.74, 6) is -0.436. The van der Waals surface area contributed by atoms with E-state index in [1.54, 1.807) is 12.1 Å². The Bertz CT molecular complexity index is 564. The summed E-state index contributed by atoms with van der Waals surface area (Å²) in [7, 11) is 0. The highest BCUT2D eigenvalue weighted by Crippen LogP contribution is 2.34. The average Bonchev–Trinajstić information content (AvgIpc) is 2.48. The number of unbranched alkanes of at least 4 members (excludes halogenated alkanes) is 1. The topological polar surface area (TPSA) is 0 Å². The number of halogens is 3. The van der Waals surface area contributed by atoms with Gasteiger partial charge >= 0.3 is 0 Å². The molecule has 0 fully saturated rings. The number of alkyl halides is 1. The highest BCUT2D eigenvalue weighted by Gasteiger charge is 2.16. The molecule has 0 amide bonds. The Morgan fingerprint density at radius 2 is 1.80 bits per heavy atom. The molecule has 106 valence electrons. The molecule has 1 unspecified atom stereocenters. The van der Waals surface area contributed by atoms with Gasteiger partial charge in [0, 0.05) is 0 Å². The lowest BCUT2D eigenvalue weighted by atomic mass is 10.0. The molecule has 0 aliphatic carbocycles. The van der Waals surface area contributed by atoms with Crippen molar-refractivity contribution >= 4 is 23.2 Å². The summed E-state index contributed by atoms with van der Waals surface area (Å²) in [4.78, 5) is 0. The van der Waals surface area contributed by atoms with Gasteiger partial charge in [0.2, 0.25) is 0 Å². The zero-order chi connectivity index (χ0) is 14.5. The van der Waals surface area contributed by atoms with Crippen molar-refractivity contribution < 1.29 is 4.39 Å². The first-order valence-electron chi connectivity index (χ1n) is 6.80. The van der Waals surface area contributed by atoms with Gasteiger partial charge in [0.25, 0.3) is 0 Å². The van der Waals surface area contributed by atoms with E-state index in [2.05, 4.69) is 19.1 Å². The van der Waals surface area contributed by atoms with Gasteiger partial charge < -0.3 is 0 Å². The molecule has 0 saturated carbocycles. The molecule has 0 bridgehead atoms. The molecule has 20 heavy (non-hydrogen) atoms. The Kier molecular flexibility index (Phi) is 5.45. The van der Waals surface area contributed by atoms with E-state index in [9.17, 15) is 4.39 Å².